The maximum Gasteiger partial charge on any atom is 0.305 e. The second kappa shape index (κ2) is 7.43. The van der Waals surface area contributed by atoms with Gasteiger partial charge in [-0.25, -0.2) is 0 Å². The molecule has 5 nitrogen and oxygen atoms in total. The van der Waals surface area contributed by atoms with Crippen molar-refractivity contribution < 1.29 is 19.0 Å². The Labute approximate surface area is 125 Å². The van der Waals surface area contributed by atoms with Crippen LogP contribution in [0.4, 0.5) is 0 Å². The molecule has 0 bridgehead atoms. The van der Waals surface area contributed by atoms with Gasteiger partial charge in [-0.2, -0.15) is 0 Å². The second-order valence-corrected chi connectivity index (χ2v) is 5.13. The van der Waals surface area contributed by atoms with E-state index < -0.39 is 0 Å². The molecule has 1 aromatic carbocycles. The standard InChI is InChI=1S/C16H23NO4/c1-3-20-15(18)5-4-8-21-16-13-7-6-12(19-2)9-11(13)10-14(16)17/h6-7,9,14,16H,3-5,8,10,17H2,1-2H3. The number of methoxy groups -OCH3 is 1. The lowest BCUT2D eigenvalue weighted by molar-refractivity contribution is -0.143. The number of esters is 1. The van der Waals surface area contributed by atoms with Crippen LogP contribution in [0.25, 0.3) is 0 Å². The van der Waals surface area contributed by atoms with Gasteiger partial charge in [0.2, 0.25) is 0 Å². The lowest BCUT2D eigenvalue weighted by Gasteiger charge is -2.17. The van der Waals surface area contributed by atoms with Gasteiger partial charge >= 0.3 is 5.97 Å². The molecule has 0 aromatic heterocycles. The third-order valence-electron chi connectivity index (χ3n) is 3.63. The number of rotatable bonds is 7. The topological polar surface area (TPSA) is 70.8 Å². The van der Waals surface area contributed by atoms with E-state index in [-0.39, 0.29) is 18.1 Å². The highest BCUT2D eigenvalue weighted by molar-refractivity contribution is 5.69. The van der Waals surface area contributed by atoms with Gasteiger partial charge in [-0.1, -0.05) is 6.07 Å². The fourth-order valence-corrected chi connectivity index (χ4v) is 2.63. The number of nitrogens with two attached hydrogens (primary N) is 1. The molecule has 0 saturated heterocycles. The average molecular weight is 293 g/mol. The summed E-state index contributed by atoms with van der Waals surface area (Å²) in [5.74, 6) is 0.658. The zero-order valence-electron chi connectivity index (χ0n) is 12.6. The zero-order valence-corrected chi connectivity index (χ0v) is 12.6. The van der Waals surface area contributed by atoms with Crippen molar-refractivity contribution in [2.24, 2.45) is 5.73 Å². The van der Waals surface area contributed by atoms with Crippen LogP contribution in [-0.2, 0) is 20.7 Å². The monoisotopic (exact) mass is 293 g/mol. The van der Waals surface area contributed by atoms with Crippen molar-refractivity contribution >= 4 is 5.97 Å². The van der Waals surface area contributed by atoms with Crippen LogP contribution in [0, 0.1) is 0 Å². The summed E-state index contributed by atoms with van der Waals surface area (Å²) in [6.45, 7) is 2.72. The van der Waals surface area contributed by atoms with Gasteiger partial charge in [-0.15, -0.1) is 0 Å². The predicted molar refractivity (Wildman–Crippen MR) is 79.2 cm³/mol. The van der Waals surface area contributed by atoms with Gasteiger partial charge in [-0.3, -0.25) is 4.79 Å². The third kappa shape index (κ3) is 3.95. The summed E-state index contributed by atoms with van der Waals surface area (Å²) in [6.07, 6.45) is 1.71. The van der Waals surface area contributed by atoms with Crippen LogP contribution in [0.1, 0.15) is 37.0 Å². The van der Waals surface area contributed by atoms with Crippen molar-refractivity contribution in [1.82, 2.24) is 0 Å². The van der Waals surface area contributed by atoms with E-state index in [9.17, 15) is 4.79 Å². The Morgan fingerprint density at radius 3 is 2.95 bits per heavy atom. The number of hydrogen-bond acceptors (Lipinski definition) is 5. The van der Waals surface area contributed by atoms with Crippen LogP contribution in [0.5, 0.6) is 5.75 Å². The average Bonchev–Trinajstić information content (AvgIpc) is 2.78. The summed E-state index contributed by atoms with van der Waals surface area (Å²) in [6, 6.07) is 5.90. The van der Waals surface area contributed by atoms with E-state index in [1.165, 1.54) is 5.56 Å². The van der Waals surface area contributed by atoms with Crippen LogP contribution < -0.4 is 10.5 Å². The summed E-state index contributed by atoms with van der Waals surface area (Å²) in [5.41, 5.74) is 8.46. The molecule has 21 heavy (non-hydrogen) atoms. The Balaban J connectivity index is 1.86. The fraction of sp³-hybridized carbons (Fsp3) is 0.562. The molecule has 1 aliphatic rings. The number of ether oxygens (including phenoxy) is 3. The first-order valence-corrected chi connectivity index (χ1v) is 7.35. The van der Waals surface area contributed by atoms with E-state index in [0.29, 0.717) is 26.1 Å². The minimum Gasteiger partial charge on any atom is -0.497 e. The van der Waals surface area contributed by atoms with Crippen molar-refractivity contribution in [1.29, 1.82) is 0 Å². The molecule has 0 aliphatic heterocycles. The van der Waals surface area contributed by atoms with Gasteiger partial charge in [-0.05, 0) is 43.0 Å². The van der Waals surface area contributed by atoms with E-state index in [2.05, 4.69) is 0 Å². The molecule has 2 atom stereocenters. The van der Waals surface area contributed by atoms with Crippen molar-refractivity contribution in [2.75, 3.05) is 20.3 Å². The number of fused-ring (bicyclic) bond motifs is 1. The maximum absolute atomic E-state index is 11.3. The highest BCUT2D eigenvalue weighted by Gasteiger charge is 2.30. The molecule has 0 saturated carbocycles. The predicted octanol–water partition coefficient (Wildman–Crippen LogP) is 1.98. The van der Waals surface area contributed by atoms with Crippen molar-refractivity contribution in [3.8, 4) is 5.75 Å². The second-order valence-electron chi connectivity index (χ2n) is 5.13. The highest BCUT2D eigenvalue weighted by atomic mass is 16.5. The molecule has 0 spiro atoms. The van der Waals surface area contributed by atoms with Crippen molar-refractivity contribution in [2.45, 2.75) is 38.3 Å². The van der Waals surface area contributed by atoms with Crippen molar-refractivity contribution in [3.05, 3.63) is 29.3 Å². The van der Waals surface area contributed by atoms with E-state index in [1.54, 1.807) is 14.0 Å². The molecule has 0 heterocycles. The summed E-state index contributed by atoms with van der Waals surface area (Å²) in [5, 5.41) is 0. The van der Waals surface area contributed by atoms with Crippen LogP contribution in [0.15, 0.2) is 18.2 Å². The van der Waals surface area contributed by atoms with Crippen LogP contribution >= 0.6 is 0 Å². The zero-order chi connectivity index (χ0) is 15.2. The van der Waals surface area contributed by atoms with Gasteiger partial charge in [0.1, 0.15) is 5.75 Å². The SMILES string of the molecule is CCOC(=O)CCCOC1c2ccc(OC)cc2CC1N. The van der Waals surface area contributed by atoms with Crippen LogP contribution in [-0.4, -0.2) is 32.3 Å². The number of carbonyl (C=O) groups excluding carboxylic acids is 1. The number of carbonyl (C=O) groups is 1. The van der Waals surface area contributed by atoms with Crippen LogP contribution in [0.2, 0.25) is 0 Å². The minimum absolute atomic E-state index is 0.0466. The first-order chi connectivity index (χ1) is 10.2. The molecule has 2 unspecified atom stereocenters. The minimum atomic E-state index is -0.179. The van der Waals surface area contributed by atoms with Gasteiger partial charge in [0.15, 0.2) is 0 Å². The van der Waals surface area contributed by atoms with Gasteiger partial charge < -0.3 is 19.9 Å². The molecule has 0 radical (unpaired) electrons. The first-order valence-electron chi connectivity index (χ1n) is 7.35. The molecule has 5 heteroatoms. The van der Waals surface area contributed by atoms with E-state index in [4.69, 9.17) is 19.9 Å². The molecule has 0 fully saturated rings. The van der Waals surface area contributed by atoms with Crippen molar-refractivity contribution in [3.63, 3.8) is 0 Å². The summed E-state index contributed by atoms with van der Waals surface area (Å²) in [7, 11) is 1.65. The Bertz CT molecular complexity index is 489. The van der Waals surface area contributed by atoms with Crippen LogP contribution in [0.3, 0.4) is 0 Å². The lowest BCUT2D eigenvalue weighted by Crippen LogP contribution is -2.27. The molecule has 1 aromatic rings. The fourth-order valence-electron chi connectivity index (χ4n) is 2.63. The number of hydrogen-bond donors (Lipinski definition) is 1. The Morgan fingerprint density at radius 1 is 1.43 bits per heavy atom. The van der Waals surface area contributed by atoms with E-state index in [1.807, 2.05) is 18.2 Å². The molecule has 116 valence electrons. The lowest BCUT2D eigenvalue weighted by atomic mass is 10.1. The van der Waals surface area contributed by atoms with Gasteiger partial charge in [0, 0.05) is 19.1 Å². The highest BCUT2D eigenvalue weighted by Crippen LogP contribution is 2.35. The Hall–Kier alpha value is -1.59. The normalized spacial score (nSPS) is 20.1. The smallest absolute Gasteiger partial charge is 0.305 e. The molecule has 0 amide bonds. The summed E-state index contributed by atoms with van der Waals surface area (Å²) in [4.78, 5) is 11.3. The summed E-state index contributed by atoms with van der Waals surface area (Å²) >= 11 is 0. The molecule has 1 aliphatic carbocycles. The Morgan fingerprint density at radius 2 is 2.24 bits per heavy atom. The summed E-state index contributed by atoms with van der Waals surface area (Å²) < 4.78 is 16.0. The van der Waals surface area contributed by atoms with E-state index >= 15 is 0 Å². The Kier molecular flexibility index (Phi) is 5.59. The maximum atomic E-state index is 11.3. The quantitative estimate of drug-likeness (QED) is 0.615. The van der Waals surface area contributed by atoms with E-state index in [0.717, 1.165) is 17.7 Å². The van der Waals surface area contributed by atoms with Gasteiger partial charge in [0.25, 0.3) is 0 Å². The number of benzene rings is 1. The first kappa shape index (κ1) is 15.8. The third-order valence-corrected chi connectivity index (χ3v) is 3.63. The molecule has 2 N–H and O–H groups in total. The molecular formula is C16H23NO4. The molecule has 2 rings (SSSR count). The molecular weight excluding hydrogens is 270 g/mol. The largest absolute Gasteiger partial charge is 0.497 e. The van der Waals surface area contributed by atoms with Gasteiger partial charge in [0.05, 0.1) is 19.8 Å².